The first-order valence-electron chi connectivity index (χ1n) is 15.0. The molecule has 0 aliphatic heterocycles. The standard InChI is InChI=1S/C35H31BrFN5O6/c1-5-47-31-13-21(4)28(17-27(31)20(2)3)34-40-29-12-7-6-11-26(29)35(44)41(34)38-18-22-14-23(36)15-30(42(45)46)33(22)48-19-32(43)39-25-10-8-9-24(37)16-25/h6-18,20H,5,19H2,1-4H3,(H,39,43). The van der Waals surface area contributed by atoms with Crippen LogP contribution in [0.5, 0.6) is 11.5 Å². The van der Waals surface area contributed by atoms with Gasteiger partial charge in [-0.1, -0.05) is 48.0 Å². The number of halogens is 2. The summed E-state index contributed by atoms with van der Waals surface area (Å²) in [7, 11) is 0. The first-order valence-corrected chi connectivity index (χ1v) is 15.8. The molecule has 1 heterocycles. The van der Waals surface area contributed by atoms with Gasteiger partial charge in [-0.05, 0) is 79.4 Å². The number of anilines is 1. The van der Waals surface area contributed by atoms with E-state index in [1.54, 1.807) is 24.3 Å². The van der Waals surface area contributed by atoms with Crippen LogP contribution in [0.2, 0.25) is 0 Å². The van der Waals surface area contributed by atoms with E-state index in [9.17, 15) is 24.1 Å². The van der Waals surface area contributed by atoms with Crippen molar-refractivity contribution >= 4 is 50.3 Å². The van der Waals surface area contributed by atoms with Crippen LogP contribution in [0.4, 0.5) is 15.8 Å². The number of fused-ring (bicyclic) bond motifs is 1. The number of nitrogens with one attached hydrogen (secondary N) is 1. The second-order valence-electron chi connectivity index (χ2n) is 11.1. The third-order valence-electron chi connectivity index (χ3n) is 7.30. The lowest BCUT2D eigenvalue weighted by atomic mass is 9.96. The van der Waals surface area contributed by atoms with Crippen molar-refractivity contribution in [3.05, 3.63) is 120 Å². The van der Waals surface area contributed by atoms with Gasteiger partial charge in [0.15, 0.2) is 12.4 Å². The molecule has 0 fully saturated rings. The Labute approximate surface area is 283 Å². The van der Waals surface area contributed by atoms with Crippen molar-refractivity contribution in [2.24, 2.45) is 5.10 Å². The molecular formula is C35H31BrFN5O6. The van der Waals surface area contributed by atoms with Crippen molar-refractivity contribution < 1.29 is 23.6 Å². The largest absolute Gasteiger partial charge is 0.494 e. The van der Waals surface area contributed by atoms with Gasteiger partial charge < -0.3 is 14.8 Å². The smallest absolute Gasteiger partial charge is 0.312 e. The summed E-state index contributed by atoms with van der Waals surface area (Å²) >= 11 is 3.29. The van der Waals surface area contributed by atoms with Gasteiger partial charge in [0.1, 0.15) is 11.6 Å². The number of ether oxygens (including phenoxy) is 2. The van der Waals surface area contributed by atoms with Crippen LogP contribution in [0.1, 0.15) is 43.4 Å². The molecule has 0 bridgehead atoms. The first-order chi connectivity index (χ1) is 23.0. The van der Waals surface area contributed by atoms with Gasteiger partial charge in [-0.3, -0.25) is 19.7 Å². The minimum Gasteiger partial charge on any atom is -0.494 e. The Balaban J connectivity index is 1.62. The quantitative estimate of drug-likeness (QED) is 0.0844. The Kier molecular flexibility index (Phi) is 10.3. The Hall–Kier alpha value is -5.43. The Morgan fingerprint density at radius 2 is 1.90 bits per heavy atom. The average molecular weight is 717 g/mol. The molecule has 0 aliphatic rings. The van der Waals surface area contributed by atoms with E-state index in [0.29, 0.717) is 27.5 Å². The number of carbonyl (C=O) groups is 1. The topological polar surface area (TPSA) is 138 Å². The zero-order valence-corrected chi connectivity index (χ0v) is 28.1. The number of aromatic nitrogens is 2. The highest BCUT2D eigenvalue weighted by Gasteiger charge is 2.23. The van der Waals surface area contributed by atoms with E-state index >= 15 is 0 Å². The van der Waals surface area contributed by atoms with Crippen LogP contribution in [0, 0.1) is 22.9 Å². The van der Waals surface area contributed by atoms with Crippen LogP contribution >= 0.6 is 15.9 Å². The van der Waals surface area contributed by atoms with Crippen molar-refractivity contribution in [3.63, 3.8) is 0 Å². The van der Waals surface area contributed by atoms with Gasteiger partial charge in [-0.25, -0.2) is 9.37 Å². The monoisotopic (exact) mass is 715 g/mol. The van der Waals surface area contributed by atoms with Crippen LogP contribution < -0.4 is 20.3 Å². The summed E-state index contributed by atoms with van der Waals surface area (Å²) in [6.07, 6.45) is 1.24. The maximum atomic E-state index is 13.9. The molecule has 0 atom stereocenters. The summed E-state index contributed by atoms with van der Waals surface area (Å²) in [6, 6.07) is 18.7. The molecule has 1 N–H and O–H groups in total. The maximum Gasteiger partial charge on any atom is 0.312 e. The molecule has 0 unspecified atom stereocenters. The SMILES string of the molecule is CCOc1cc(C)c(-c2nc3ccccc3c(=O)n2N=Cc2cc(Br)cc([N+](=O)[O-])c2OCC(=O)Nc2cccc(F)c2)cc1C(C)C. The van der Waals surface area contributed by atoms with Gasteiger partial charge in [-0.15, -0.1) is 0 Å². The van der Waals surface area contributed by atoms with Gasteiger partial charge >= 0.3 is 5.69 Å². The number of nitro groups is 1. The van der Waals surface area contributed by atoms with E-state index in [1.807, 2.05) is 39.8 Å². The summed E-state index contributed by atoms with van der Waals surface area (Å²) < 4.78 is 26.6. The zero-order valence-electron chi connectivity index (χ0n) is 26.5. The fourth-order valence-corrected chi connectivity index (χ4v) is 5.55. The number of benzene rings is 4. The second kappa shape index (κ2) is 14.6. The highest BCUT2D eigenvalue weighted by atomic mass is 79.9. The van der Waals surface area contributed by atoms with Crippen molar-refractivity contribution in [2.45, 2.75) is 33.6 Å². The molecule has 1 aromatic heterocycles. The highest BCUT2D eigenvalue weighted by Crippen LogP contribution is 2.36. The molecule has 0 radical (unpaired) electrons. The van der Waals surface area contributed by atoms with E-state index in [2.05, 4.69) is 26.3 Å². The van der Waals surface area contributed by atoms with Crippen LogP contribution in [-0.2, 0) is 4.79 Å². The van der Waals surface area contributed by atoms with Gasteiger partial charge in [0.2, 0.25) is 5.75 Å². The number of rotatable bonds is 11. The third-order valence-corrected chi connectivity index (χ3v) is 7.76. The fourth-order valence-electron chi connectivity index (χ4n) is 5.09. The lowest BCUT2D eigenvalue weighted by molar-refractivity contribution is -0.385. The van der Waals surface area contributed by atoms with Crippen molar-refractivity contribution in [1.82, 2.24) is 9.66 Å². The van der Waals surface area contributed by atoms with Gasteiger partial charge in [0, 0.05) is 27.4 Å². The van der Waals surface area contributed by atoms with Gasteiger partial charge in [-0.2, -0.15) is 9.78 Å². The van der Waals surface area contributed by atoms with Gasteiger partial charge in [0.25, 0.3) is 11.5 Å². The van der Waals surface area contributed by atoms with Crippen LogP contribution in [-0.4, -0.2) is 39.9 Å². The predicted molar refractivity (Wildman–Crippen MR) is 186 cm³/mol. The lowest BCUT2D eigenvalue weighted by Crippen LogP contribution is -2.22. The molecule has 246 valence electrons. The molecule has 0 saturated carbocycles. The zero-order chi connectivity index (χ0) is 34.5. The molecule has 1 amide bonds. The third kappa shape index (κ3) is 7.41. The Bertz CT molecular complexity index is 2130. The number of hydrogen-bond donors (Lipinski definition) is 1. The van der Waals surface area contributed by atoms with Crippen molar-refractivity contribution in [3.8, 4) is 22.9 Å². The number of amides is 1. The predicted octanol–water partition coefficient (Wildman–Crippen LogP) is 7.60. The molecular weight excluding hydrogens is 685 g/mol. The maximum absolute atomic E-state index is 13.9. The van der Waals surface area contributed by atoms with Crippen LogP contribution in [0.15, 0.2) is 87.2 Å². The molecule has 4 aromatic carbocycles. The van der Waals surface area contributed by atoms with Crippen molar-refractivity contribution in [2.75, 3.05) is 18.5 Å². The molecule has 0 spiro atoms. The lowest BCUT2D eigenvalue weighted by Gasteiger charge is -2.18. The molecule has 0 saturated heterocycles. The van der Waals surface area contributed by atoms with Gasteiger partial charge in [0.05, 0.1) is 28.6 Å². The van der Waals surface area contributed by atoms with Crippen LogP contribution in [0.25, 0.3) is 22.3 Å². The number of hydrogen-bond acceptors (Lipinski definition) is 8. The van der Waals surface area contributed by atoms with E-state index in [1.165, 1.54) is 36.5 Å². The average Bonchev–Trinajstić information content (AvgIpc) is 3.03. The minimum atomic E-state index is -0.676. The molecule has 0 aliphatic carbocycles. The minimum absolute atomic E-state index is 0.0927. The van der Waals surface area contributed by atoms with E-state index in [0.717, 1.165) is 27.6 Å². The number of nitro benzene ring substituents is 1. The normalized spacial score (nSPS) is 11.3. The summed E-state index contributed by atoms with van der Waals surface area (Å²) in [6.45, 7) is 7.72. The Morgan fingerprint density at radius 1 is 1.12 bits per heavy atom. The first kappa shape index (κ1) is 33.9. The van der Waals surface area contributed by atoms with E-state index in [4.69, 9.17) is 14.5 Å². The summed E-state index contributed by atoms with van der Waals surface area (Å²) in [5.41, 5.74) is 2.21. The number of para-hydroxylation sites is 1. The Morgan fingerprint density at radius 3 is 2.60 bits per heavy atom. The van der Waals surface area contributed by atoms with Crippen LogP contribution in [0.3, 0.4) is 0 Å². The number of nitrogens with zero attached hydrogens (tertiary/aromatic N) is 4. The van der Waals surface area contributed by atoms with E-state index < -0.39 is 34.5 Å². The van der Waals surface area contributed by atoms with E-state index in [-0.39, 0.29) is 28.7 Å². The summed E-state index contributed by atoms with van der Waals surface area (Å²) in [4.78, 5) is 42.8. The molecule has 5 rings (SSSR count). The molecule has 11 nitrogen and oxygen atoms in total. The number of carbonyl (C=O) groups excluding carboxylic acids is 1. The highest BCUT2D eigenvalue weighted by molar-refractivity contribution is 9.10. The summed E-state index contributed by atoms with van der Waals surface area (Å²) in [5, 5.41) is 19.4. The molecule has 5 aromatic rings. The summed E-state index contributed by atoms with van der Waals surface area (Å²) in [5.74, 6) is -0.408. The molecule has 48 heavy (non-hydrogen) atoms. The fraction of sp³-hybridized carbons (Fsp3) is 0.200. The second-order valence-corrected chi connectivity index (χ2v) is 12.0. The van der Waals surface area contributed by atoms with Crippen molar-refractivity contribution in [1.29, 1.82) is 0 Å². The number of aryl methyl sites for hydroxylation is 1. The molecule has 13 heteroatoms.